The van der Waals surface area contributed by atoms with Crippen LogP contribution in [0.2, 0.25) is 0 Å². The molecule has 1 saturated carbocycles. The Hall–Kier alpha value is -2.44. The molecule has 26 heavy (non-hydrogen) atoms. The van der Waals surface area contributed by atoms with E-state index in [0.29, 0.717) is 24.1 Å². The molecule has 0 spiro atoms. The summed E-state index contributed by atoms with van der Waals surface area (Å²) < 4.78 is 40.6. The Kier molecular flexibility index (Phi) is 3.61. The van der Waals surface area contributed by atoms with Gasteiger partial charge in [-0.3, -0.25) is 9.89 Å². The third-order valence-electron chi connectivity index (χ3n) is 5.14. The summed E-state index contributed by atoms with van der Waals surface area (Å²) in [5, 5.41) is 5.93. The van der Waals surface area contributed by atoms with E-state index in [1.807, 2.05) is 13.8 Å². The van der Waals surface area contributed by atoms with Crippen LogP contribution in [0.1, 0.15) is 49.4 Å². The van der Waals surface area contributed by atoms with Gasteiger partial charge in [-0.25, -0.2) is 4.99 Å². The third kappa shape index (κ3) is 2.66. The van der Waals surface area contributed by atoms with Crippen molar-refractivity contribution in [2.24, 2.45) is 16.3 Å². The summed E-state index contributed by atoms with van der Waals surface area (Å²) in [4.78, 5) is 17.3. The summed E-state index contributed by atoms with van der Waals surface area (Å²) in [7, 11) is 0. The minimum Gasteiger partial charge on any atom is -0.299 e. The van der Waals surface area contributed by atoms with Gasteiger partial charge in [0, 0.05) is 23.6 Å². The highest BCUT2D eigenvalue weighted by molar-refractivity contribution is 6.11. The molecule has 7 heteroatoms. The molecule has 1 fully saturated rings. The fraction of sp³-hybridized carbons (Fsp3) is 0.421. The minimum absolute atomic E-state index is 0.0227. The number of rotatable bonds is 1. The summed E-state index contributed by atoms with van der Waals surface area (Å²) >= 11 is 0. The van der Waals surface area contributed by atoms with Gasteiger partial charge in [-0.1, -0.05) is 44.2 Å². The fourth-order valence-corrected chi connectivity index (χ4v) is 4.18. The fourth-order valence-electron chi connectivity index (χ4n) is 4.18. The van der Waals surface area contributed by atoms with Crippen LogP contribution in [0.5, 0.6) is 0 Å². The number of aromatic amines is 1. The van der Waals surface area contributed by atoms with Gasteiger partial charge in [0.2, 0.25) is 0 Å². The van der Waals surface area contributed by atoms with E-state index in [4.69, 9.17) is 0 Å². The molecule has 4 nitrogen and oxygen atoms in total. The molecular weight excluding hydrogens is 343 g/mol. The summed E-state index contributed by atoms with van der Waals surface area (Å²) in [6.45, 7) is 3.95. The quantitative estimate of drug-likeness (QED) is 0.804. The van der Waals surface area contributed by atoms with Crippen molar-refractivity contribution in [2.75, 3.05) is 0 Å². The molecule has 1 aromatic heterocycles. The van der Waals surface area contributed by atoms with E-state index < -0.39 is 23.7 Å². The van der Waals surface area contributed by atoms with Gasteiger partial charge in [0.15, 0.2) is 5.82 Å². The lowest BCUT2D eigenvalue weighted by molar-refractivity contribution is -0.142. The molecule has 2 unspecified atom stereocenters. The van der Waals surface area contributed by atoms with Gasteiger partial charge in [-0.15, -0.1) is 0 Å². The Balaban J connectivity index is 1.96. The van der Waals surface area contributed by atoms with Crippen molar-refractivity contribution in [1.82, 2.24) is 10.2 Å². The molecule has 1 aliphatic carbocycles. The number of nitrogens with zero attached hydrogens (tertiary/aromatic N) is 2. The first kappa shape index (κ1) is 17.0. The van der Waals surface area contributed by atoms with E-state index in [9.17, 15) is 18.0 Å². The number of ketones is 1. The molecular formula is C19H18F3N3O. The van der Waals surface area contributed by atoms with Gasteiger partial charge < -0.3 is 0 Å². The predicted octanol–water partition coefficient (Wildman–Crippen LogP) is 4.65. The van der Waals surface area contributed by atoms with Crippen molar-refractivity contribution in [2.45, 2.75) is 38.8 Å². The molecule has 2 aromatic rings. The van der Waals surface area contributed by atoms with E-state index in [2.05, 4.69) is 15.2 Å². The van der Waals surface area contributed by atoms with E-state index >= 15 is 0 Å². The normalized spacial score (nSPS) is 24.7. The number of carbonyl (C=O) groups is 1. The van der Waals surface area contributed by atoms with Crippen molar-refractivity contribution in [3.05, 3.63) is 47.2 Å². The second-order valence-corrected chi connectivity index (χ2v) is 7.79. The van der Waals surface area contributed by atoms with E-state index in [1.165, 1.54) is 0 Å². The van der Waals surface area contributed by atoms with E-state index in [0.717, 1.165) is 0 Å². The zero-order valence-corrected chi connectivity index (χ0v) is 14.4. The van der Waals surface area contributed by atoms with Gasteiger partial charge in [0.1, 0.15) is 11.5 Å². The first-order valence-electron chi connectivity index (χ1n) is 8.48. The molecule has 0 bridgehead atoms. The standard InChI is InChI=1S/C19H18F3N3O/c1-18(2)8-11-14(12(26)9-18)13(10-6-4-3-5-7-10)15-16(19(20,21)22)24-25-17(15)23-11/h3-7,13-14H,8-9H2,1-2H3,(H,24,25). The first-order valence-corrected chi connectivity index (χ1v) is 8.48. The van der Waals surface area contributed by atoms with E-state index in [-0.39, 0.29) is 22.6 Å². The molecule has 0 amide bonds. The summed E-state index contributed by atoms with van der Waals surface area (Å²) in [5.74, 6) is -1.41. The maximum Gasteiger partial charge on any atom is 0.433 e. The largest absolute Gasteiger partial charge is 0.433 e. The second kappa shape index (κ2) is 5.53. The lowest BCUT2D eigenvalue weighted by Crippen LogP contribution is -2.42. The number of aliphatic imine (C=N–C) groups is 1. The van der Waals surface area contributed by atoms with Gasteiger partial charge in [-0.2, -0.15) is 18.3 Å². The van der Waals surface area contributed by atoms with Crippen molar-refractivity contribution in [3.8, 4) is 0 Å². The minimum atomic E-state index is -4.59. The summed E-state index contributed by atoms with van der Waals surface area (Å²) in [6.07, 6.45) is -3.69. The molecule has 0 radical (unpaired) electrons. The molecule has 4 rings (SSSR count). The number of aromatic nitrogens is 2. The monoisotopic (exact) mass is 361 g/mol. The number of fused-ring (bicyclic) bond motifs is 2. The lowest BCUT2D eigenvalue weighted by atomic mass is 9.64. The molecule has 136 valence electrons. The van der Waals surface area contributed by atoms with Gasteiger partial charge in [0.25, 0.3) is 0 Å². The number of benzene rings is 1. The Morgan fingerprint density at radius 3 is 2.46 bits per heavy atom. The topological polar surface area (TPSA) is 58.1 Å². The number of carbonyl (C=O) groups excluding carboxylic acids is 1. The maximum absolute atomic E-state index is 13.5. The number of H-pyrrole nitrogens is 1. The highest BCUT2D eigenvalue weighted by atomic mass is 19.4. The number of Topliss-reactive ketones (excluding diaryl/α,β-unsaturated/α-hetero) is 1. The number of nitrogens with one attached hydrogen (secondary N) is 1. The lowest BCUT2D eigenvalue weighted by Gasteiger charge is -2.40. The van der Waals surface area contributed by atoms with Crippen LogP contribution in [0.3, 0.4) is 0 Å². The Morgan fingerprint density at radius 2 is 1.81 bits per heavy atom. The highest BCUT2D eigenvalue weighted by Gasteiger charge is 2.50. The van der Waals surface area contributed by atoms with Gasteiger partial charge in [0.05, 0.1) is 5.92 Å². The smallest absolute Gasteiger partial charge is 0.299 e. The Labute approximate surface area is 148 Å². The molecule has 1 aromatic carbocycles. The number of hydrogen-bond donors (Lipinski definition) is 1. The van der Waals surface area contributed by atoms with Crippen molar-refractivity contribution in [3.63, 3.8) is 0 Å². The van der Waals surface area contributed by atoms with Crippen LogP contribution in [0, 0.1) is 11.3 Å². The molecule has 2 atom stereocenters. The summed E-state index contributed by atoms with van der Waals surface area (Å²) in [5.41, 5.74) is 0.111. The molecule has 2 aliphatic rings. The van der Waals surface area contributed by atoms with Crippen LogP contribution < -0.4 is 0 Å². The average molecular weight is 361 g/mol. The Bertz CT molecular complexity index is 896. The highest BCUT2D eigenvalue weighted by Crippen LogP contribution is 2.51. The Morgan fingerprint density at radius 1 is 1.12 bits per heavy atom. The molecule has 1 aliphatic heterocycles. The van der Waals surface area contributed by atoms with Crippen molar-refractivity contribution in [1.29, 1.82) is 0 Å². The predicted molar refractivity (Wildman–Crippen MR) is 90.5 cm³/mol. The van der Waals surface area contributed by atoms with Crippen LogP contribution >= 0.6 is 0 Å². The van der Waals surface area contributed by atoms with Crippen LogP contribution in [0.4, 0.5) is 19.0 Å². The van der Waals surface area contributed by atoms with Crippen LogP contribution in [-0.4, -0.2) is 21.7 Å². The maximum atomic E-state index is 13.5. The zero-order chi connectivity index (χ0) is 18.7. The van der Waals surface area contributed by atoms with Crippen LogP contribution in [0.15, 0.2) is 35.3 Å². The molecule has 1 N–H and O–H groups in total. The van der Waals surface area contributed by atoms with Crippen LogP contribution in [-0.2, 0) is 11.0 Å². The number of hydrogen-bond acceptors (Lipinski definition) is 3. The summed E-state index contributed by atoms with van der Waals surface area (Å²) in [6, 6.07) is 8.86. The number of alkyl halides is 3. The van der Waals surface area contributed by atoms with Gasteiger partial charge in [-0.05, 0) is 17.4 Å². The molecule has 2 heterocycles. The van der Waals surface area contributed by atoms with Crippen molar-refractivity contribution >= 4 is 17.3 Å². The first-order chi connectivity index (χ1) is 12.2. The zero-order valence-electron chi connectivity index (χ0n) is 14.4. The van der Waals surface area contributed by atoms with Crippen LogP contribution in [0.25, 0.3) is 0 Å². The SMILES string of the molecule is CC1(C)CC(=O)C2C(=Nc3n[nH]c(C(F)(F)F)c3C2c2ccccc2)C1. The third-order valence-corrected chi connectivity index (χ3v) is 5.14. The van der Waals surface area contributed by atoms with Gasteiger partial charge >= 0.3 is 6.18 Å². The second-order valence-electron chi connectivity index (χ2n) is 7.79. The van der Waals surface area contributed by atoms with Crippen molar-refractivity contribution < 1.29 is 18.0 Å². The average Bonchev–Trinajstić information content (AvgIpc) is 2.96. The molecule has 0 saturated heterocycles. The van der Waals surface area contributed by atoms with E-state index in [1.54, 1.807) is 30.3 Å². The number of halogens is 3.